The van der Waals surface area contributed by atoms with Crippen molar-refractivity contribution in [3.8, 4) is 5.75 Å². The van der Waals surface area contributed by atoms with Gasteiger partial charge in [-0.3, -0.25) is 9.69 Å². The average molecular weight is 340 g/mol. The van der Waals surface area contributed by atoms with Gasteiger partial charge in [-0.15, -0.1) is 0 Å². The van der Waals surface area contributed by atoms with Gasteiger partial charge in [-0.2, -0.15) is 0 Å². The van der Waals surface area contributed by atoms with Gasteiger partial charge in [-0.1, -0.05) is 25.4 Å². The van der Waals surface area contributed by atoms with E-state index in [1.54, 1.807) is 13.2 Å². The zero-order valence-corrected chi connectivity index (χ0v) is 15.0. The van der Waals surface area contributed by atoms with Gasteiger partial charge in [-0.25, -0.2) is 0 Å². The Balaban J connectivity index is 2.02. The molecular formula is C17H26ClN3O2. The van der Waals surface area contributed by atoms with Crippen LogP contribution in [0, 0.1) is 12.3 Å². The van der Waals surface area contributed by atoms with E-state index in [4.69, 9.17) is 22.1 Å². The minimum absolute atomic E-state index is 0.0209. The number of benzene rings is 1. The van der Waals surface area contributed by atoms with E-state index < -0.39 is 0 Å². The summed E-state index contributed by atoms with van der Waals surface area (Å²) in [5.74, 6) is 0.506. The molecular weight excluding hydrogens is 314 g/mol. The number of halogens is 1. The highest BCUT2D eigenvalue weighted by atomic mass is 35.5. The number of nitrogens with zero attached hydrogens (tertiary/aromatic N) is 1. The van der Waals surface area contributed by atoms with Crippen molar-refractivity contribution < 1.29 is 9.53 Å². The summed E-state index contributed by atoms with van der Waals surface area (Å²) in [6.07, 6.45) is 0.906. The van der Waals surface area contributed by atoms with Crippen LogP contribution in [0.4, 0.5) is 5.69 Å². The van der Waals surface area contributed by atoms with Gasteiger partial charge in [0.1, 0.15) is 5.75 Å². The van der Waals surface area contributed by atoms with Crippen LogP contribution in [0.3, 0.4) is 0 Å². The van der Waals surface area contributed by atoms with Gasteiger partial charge in [0.2, 0.25) is 5.91 Å². The molecule has 1 aliphatic heterocycles. The standard InChI is InChI=1S/C17H26ClN3O2/c1-11-7-13(14(23-4)8-12(11)18)20-16(22)9-21-6-5-15(19)17(2,3)10-21/h7-8,15H,5-6,9-10,19H2,1-4H3,(H,20,22). The van der Waals surface area contributed by atoms with E-state index in [1.807, 2.05) is 13.0 Å². The van der Waals surface area contributed by atoms with E-state index in [0.29, 0.717) is 23.0 Å². The van der Waals surface area contributed by atoms with E-state index in [9.17, 15) is 4.79 Å². The molecule has 23 heavy (non-hydrogen) atoms. The summed E-state index contributed by atoms with van der Waals surface area (Å²) in [5, 5.41) is 3.54. The molecule has 1 amide bonds. The Hall–Kier alpha value is -1.30. The lowest BCUT2D eigenvalue weighted by atomic mass is 9.80. The van der Waals surface area contributed by atoms with Crippen molar-refractivity contribution in [2.75, 3.05) is 32.1 Å². The fourth-order valence-corrected chi connectivity index (χ4v) is 3.10. The molecule has 2 rings (SSSR count). The fourth-order valence-electron chi connectivity index (χ4n) is 2.94. The maximum absolute atomic E-state index is 12.4. The Kier molecular flexibility index (Phi) is 5.55. The number of ether oxygens (including phenoxy) is 1. The number of amides is 1. The van der Waals surface area contributed by atoms with Gasteiger partial charge in [-0.05, 0) is 30.4 Å². The normalized spacial score (nSPS) is 21.0. The Morgan fingerprint density at radius 1 is 1.52 bits per heavy atom. The van der Waals surface area contributed by atoms with E-state index in [1.165, 1.54) is 0 Å². The van der Waals surface area contributed by atoms with E-state index in [-0.39, 0.29) is 17.4 Å². The maximum atomic E-state index is 12.4. The van der Waals surface area contributed by atoms with Crippen LogP contribution in [-0.4, -0.2) is 43.6 Å². The van der Waals surface area contributed by atoms with E-state index >= 15 is 0 Å². The number of nitrogens with one attached hydrogen (secondary N) is 1. The molecule has 3 N–H and O–H groups in total. The van der Waals surface area contributed by atoms with Crippen molar-refractivity contribution in [2.24, 2.45) is 11.1 Å². The van der Waals surface area contributed by atoms with Crippen molar-refractivity contribution in [3.05, 3.63) is 22.7 Å². The van der Waals surface area contributed by atoms with Crippen molar-refractivity contribution >= 4 is 23.2 Å². The maximum Gasteiger partial charge on any atom is 0.238 e. The fraction of sp³-hybridized carbons (Fsp3) is 0.588. The Morgan fingerprint density at radius 2 is 2.22 bits per heavy atom. The summed E-state index contributed by atoms with van der Waals surface area (Å²) in [6.45, 7) is 8.20. The first-order chi connectivity index (χ1) is 10.7. The van der Waals surface area contributed by atoms with Gasteiger partial charge in [0.25, 0.3) is 0 Å². The first-order valence-electron chi connectivity index (χ1n) is 7.85. The lowest BCUT2D eigenvalue weighted by Crippen LogP contribution is -2.53. The average Bonchev–Trinajstić information content (AvgIpc) is 2.46. The summed E-state index contributed by atoms with van der Waals surface area (Å²) in [7, 11) is 1.56. The number of carbonyl (C=O) groups is 1. The Morgan fingerprint density at radius 3 is 2.83 bits per heavy atom. The summed E-state index contributed by atoms with van der Waals surface area (Å²) < 4.78 is 5.29. The lowest BCUT2D eigenvalue weighted by molar-refractivity contribution is -0.118. The van der Waals surface area contributed by atoms with Crippen LogP contribution in [0.2, 0.25) is 5.02 Å². The molecule has 1 heterocycles. The summed E-state index contributed by atoms with van der Waals surface area (Å²) in [6, 6.07) is 3.73. The van der Waals surface area contributed by atoms with Crippen LogP contribution in [0.1, 0.15) is 25.8 Å². The number of piperidine rings is 1. The smallest absolute Gasteiger partial charge is 0.238 e. The topological polar surface area (TPSA) is 67.6 Å². The third kappa shape index (κ3) is 4.37. The monoisotopic (exact) mass is 339 g/mol. The summed E-state index contributed by atoms with van der Waals surface area (Å²) in [4.78, 5) is 14.5. The molecule has 1 atom stereocenters. The van der Waals surface area contributed by atoms with Gasteiger partial charge in [0.15, 0.2) is 0 Å². The quantitative estimate of drug-likeness (QED) is 0.885. The Bertz CT molecular complexity index is 589. The highest BCUT2D eigenvalue weighted by Crippen LogP contribution is 2.31. The van der Waals surface area contributed by atoms with Crippen LogP contribution in [-0.2, 0) is 4.79 Å². The molecule has 128 valence electrons. The Labute approximate surface area is 143 Å². The molecule has 0 spiro atoms. The first kappa shape index (κ1) is 18.0. The number of carbonyl (C=O) groups excluding carboxylic acids is 1. The SMILES string of the molecule is COc1cc(Cl)c(C)cc1NC(=O)CN1CCC(N)C(C)(C)C1. The van der Waals surface area contributed by atoms with Gasteiger partial charge in [0.05, 0.1) is 19.3 Å². The largest absolute Gasteiger partial charge is 0.495 e. The third-order valence-electron chi connectivity index (χ3n) is 4.51. The highest BCUT2D eigenvalue weighted by Gasteiger charge is 2.33. The van der Waals surface area contributed by atoms with Crippen molar-refractivity contribution in [2.45, 2.75) is 33.2 Å². The summed E-state index contributed by atoms with van der Waals surface area (Å²) >= 11 is 6.09. The number of nitrogens with two attached hydrogens (primary N) is 1. The molecule has 1 aliphatic rings. The second-order valence-electron chi connectivity index (χ2n) is 6.94. The van der Waals surface area contributed by atoms with Gasteiger partial charge < -0.3 is 15.8 Å². The highest BCUT2D eigenvalue weighted by molar-refractivity contribution is 6.31. The molecule has 6 heteroatoms. The first-order valence-corrected chi connectivity index (χ1v) is 8.22. The summed E-state index contributed by atoms with van der Waals surface area (Å²) in [5.41, 5.74) is 7.70. The number of anilines is 1. The van der Waals surface area contributed by atoms with Crippen LogP contribution < -0.4 is 15.8 Å². The van der Waals surface area contributed by atoms with E-state index in [2.05, 4.69) is 24.1 Å². The van der Waals surface area contributed by atoms with Crippen LogP contribution >= 0.6 is 11.6 Å². The molecule has 0 aliphatic carbocycles. The van der Waals surface area contributed by atoms with Crippen LogP contribution in [0.15, 0.2) is 12.1 Å². The van der Waals surface area contributed by atoms with Crippen molar-refractivity contribution in [1.29, 1.82) is 0 Å². The molecule has 0 aromatic heterocycles. The molecule has 1 aromatic carbocycles. The van der Waals surface area contributed by atoms with E-state index in [0.717, 1.165) is 25.1 Å². The predicted octanol–water partition coefficient (Wildman–Crippen LogP) is 2.65. The number of likely N-dealkylation sites (tertiary alicyclic amines) is 1. The second kappa shape index (κ2) is 7.07. The number of rotatable bonds is 4. The number of methoxy groups -OCH3 is 1. The number of hydrogen-bond acceptors (Lipinski definition) is 4. The molecule has 0 saturated carbocycles. The number of aryl methyl sites for hydroxylation is 1. The molecule has 1 fully saturated rings. The minimum Gasteiger partial charge on any atom is -0.495 e. The third-order valence-corrected chi connectivity index (χ3v) is 4.92. The second-order valence-corrected chi connectivity index (χ2v) is 7.35. The van der Waals surface area contributed by atoms with Gasteiger partial charge >= 0.3 is 0 Å². The van der Waals surface area contributed by atoms with Crippen LogP contribution in [0.25, 0.3) is 0 Å². The lowest BCUT2D eigenvalue weighted by Gasteiger charge is -2.42. The van der Waals surface area contributed by atoms with Crippen LogP contribution in [0.5, 0.6) is 5.75 Å². The minimum atomic E-state index is -0.0590. The van der Waals surface area contributed by atoms with Crippen molar-refractivity contribution in [3.63, 3.8) is 0 Å². The number of hydrogen-bond donors (Lipinski definition) is 2. The molecule has 5 nitrogen and oxygen atoms in total. The zero-order chi connectivity index (χ0) is 17.2. The molecule has 1 saturated heterocycles. The molecule has 0 bridgehead atoms. The zero-order valence-electron chi connectivity index (χ0n) is 14.3. The van der Waals surface area contributed by atoms with Gasteiger partial charge in [0, 0.05) is 30.2 Å². The molecule has 1 unspecified atom stereocenters. The molecule has 0 radical (unpaired) electrons. The molecule has 1 aromatic rings. The van der Waals surface area contributed by atoms with Crippen molar-refractivity contribution in [1.82, 2.24) is 4.90 Å². The predicted molar refractivity (Wildman–Crippen MR) is 94.2 cm³/mol.